The van der Waals surface area contributed by atoms with E-state index in [1.54, 1.807) is 0 Å². The van der Waals surface area contributed by atoms with Crippen molar-refractivity contribution in [2.75, 3.05) is 17.2 Å². The molecule has 0 aliphatic rings. The van der Waals surface area contributed by atoms with Gasteiger partial charge in [0.15, 0.2) is 0 Å². The van der Waals surface area contributed by atoms with E-state index in [4.69, 9.17) is 5.73 Å². The first-order valence-corrected chi connectivity index (χ1v) is 7.39. The number of anilines is 3. The predicted molar refractivity (Wildman–Crippen MR) is 88.4 cm³/mol. The van der Waals surface area contributed by atoms with Crippen molar-refractivity contribution in [2.45, 2.75) is 26.7 Å². The van der Waals surface area contributed by atoms with Crippen molar-refractivity contribution in [2.24, 2.45) is 5.92 Å². The van der Waals surface area contributed by atoms with Crippen LogP contribution in [0.15, 0.2) is 54.6 Å². The highest BCUT2D eigenvalue weighted by atomic mass is 15.1. The lowest BCUT2D eigenvalue weighted by molar-refractivity contribution is 0.521. The molecule has 0 aromatic heterocycles. The van der Waals surface area contributed by atoms with Gasteiger partial charge in [-0.2, -0.15) is 0 Å². The molecule has 106 valence electrons. The topological polar surface area (TPSA) is 29.3 Å². The summed E-state index contributed by atoms with van der Waals surface area (Å²) in [6.45, 7) is 5.59. The summed E-state index contributed by atoms with van der Waals surface area (Å²) in [7, 11) is 0. The molecule has 1 atom stereocenters. The van der Waals surface area contributed by atoms with E-state index in [2.05, 4.69) is 61.2 Å². The van der Waals surface area contributed by atoms with Gasteiger partial charge in [0, 0.05) is 23.6 Å². The molecule has 2 rings (SSSR count). The van der Waals surface area contributed by atoms with E-state index in [9.17, 15) is 0 Å². The number of nitrogens with two attached hydrogens (primary N) is 1. The van der Waals surface area contributed by atoms with Gasteiger partial charge in [0.05, 0.1) is 0 Å². The molecule has 0 amide bonds. The van der Waals surface area contributed by atoms with Crippen LogP contribution < -0.4 is 10.6 Å². The molecule has 0 aliphatic heterocycles. The van der Waals surface area contributed by atoms with Crippen LogP contribution in [0.25, 0.3) is 0 Å². The minimum Gasteiger partial charge on any atom is -0.399 e. The highest BCUT2D eigenvalue weighted by molar-refractivity contribution is 5.64. The van der Waals surface area contributed by atoms with Crippen LogP contribution in [-0.4, -0.2) is 6.54 Å². The van der Waals surface area contributed by atoms with E-state index in [1.165, 1.54) is 24.2 Å². The third-order valence-electron chi connectivity index (χ3n) is 3.82. The van der Waals surface area contributed by atoms with Gasteiger partial charge in [-0.1, -0.05) is 38.5 Å². The highest BCUT2D eigenvalue weighted by Crippen LogP contribution is 2.27. The van der Waals surface area contributed by atoms with E-state index in [-0.39, 0.29) is 0 Å². The van der Waals surface area contributed by atoms with Crippen molar-refractivity contribution >= 4 is 17.1 Å². The Kier molecular flexibility index (Phi) is 5.05. The second-order valence-electron chi connectivity index (χ2n) is 5.38. The lowest BCUT2D eigenvalue weighted by Crippen LogP contribution is -2.20. The van der Waals surface area contributed by atoms with Crippen LogP contribution >= 0.6 is 0 Å². The maximum Gasteiger partial charge on any atom is 0.0412 e. The summed E-state index contributed by atoms with van der Waals surface area (Å²) in [5, 5.41) is 0. The Balaban J connectivity index is 2.22. The average Bonchev–Trinajstić information content (AvgIpc) is 2.50. The summed E-state index contributed by atoms with van der Waals surface area (Å²) in [5.41, 5.74) is 9.04. The number of nitrogen functional groups attached to an aromatic ring is 1. The van der Waals surface area contributed by atoms with Gasteiger partial charge in [-0.25, -0.2) is 0 Å². The minimum atomic E-state index is 0.745. The second kappa shape index (κ2) is 6.99. The molecule has 2 nitrogen and oxygen atoms in total. The summed E-state index contributed by atoms with van der Waals surface area (Å²) in [5.74, 6) is 0.745. The summed E-state index contributed by atoms with van der Waals surface area (Å²) in [6, 6.07) is 18.7. The van der Waals surface area contributed by atoms with Crippen molar-refractivity contribution in [3.8, 4) is 0 Å². The Labute approximate surface area is 122 Å². The Morgan fingerprint density at radius 2 is 1.55 bits per heavy atom. The van der Waals surface area contributed by atoms with Crippen molar-refractivity contribution < 1.29 is 0 Å². The lowest BCUT2D eigenvalue weighted by atomic mass is 10.0. The average molecular weight is 268 g/mol. The molecule has 0 aliphatic carbocycles. The summed E-state index contributed by atoms with van der Waals surface area (Å²) in [6.07, 6.45) is 2.42. The molecule has 1 unspecified atom stereocenters. The van der Waals surface area contributed by atoms with Crippen molar-refractivity contribution in [1.82, 2.24) is 0 Å². The molecule has 20 heavy (non-hydrogen) atoms. The number of para-hydroxylation sites is 1. The zero-order valence-corrected chi connectivity index (χ0v) is 12.4. The zero-order valence-electron chi connectivity index (χ0n) is 12.4. The van der Waals surface area contributed by atoms with Gasteiger partial charge in [-0.05, 0) is 48.7 Å². The standard InChI is InChI=1S/C18H24N2/c1-3-15(2)13-14-20(17-7-5-4-6-8-17)18-11-9-16(19)10-12-18/h4-12,15H,3,13-14,19H2,1-2H3. The van der Waals surface area contributed by atoms with Crippen LogP contribution in [0.3, 0.4) is 0 Å². The Hall–Kier alpha value is -1.96. The molecule has 2 aromatic carbocycles. The molecule has 0 saturated carbocycles. The predicted octanol–water partition coefficient (Wildman–Crippen LogP) is 4.84. The maximum atomic E-state index is 5.79. The van der Waals surface area contributed by atoms with Crippen molar-refractivity contribution in [1.29, 1.82) is 0 Å². The van der Waals surface area contributed by atoms with Crippen molar-refractivity contribution in [3.63, 3.8) is 0 Å². The van der Waals surface area contributed by atoms with E-state index in [0.717, 1.165) is 18.2 Å². The fraction of sp³-hybridized carbons (Fsp3) is 0.333. The number of rotatable bonds is 6. The molecule has 0 spiro atoms. The lowest BCUT2D eigenvalue weighted by Gasteiger charge is -2.26. The molecule has 2 aromatic rings. The molecule has 0 saturated heterocycles. The fourth-order valence-electron chi connectivity index (χ4n) is 2.22. The van der Waals surface area contributed by atoms with Gasteiger partial charge < -0.3 is 10.6 Å². The van der Waals surface area contributed by atoms with Crippen LogP contribution in [0, 0.1) is 5.92 Å². The molecule has 2 heteroatoms. The molecule has 2 N–H and O–H groups in total. The Bertz CT molecular complexity index is 505. The summed E-state index contributed by atoms with van der Waals surface area (Å²) < 4.78 is 0. The first-order chi connectivity index (χ1) is 9.70. The minimum absolute atomic E-state index is 0.745. The van der Waals surface area contributed by atoms with Crippen molar-refractivity contribution in [3.05, 3.63) is 54.6 Å². The van der Waals surface area contributed by atoms with Gasteiger partial charge in [0.2, 0.25) is 0 Å². The zero-order chi connectivity index (χ0) is 14.4. The first kappa shape index (κ1) is 14.4. The van der Waals surface area contributed by atoms with Crippen LogP contribution in [-0.2, 0) is 0 Å². The Morgan fingerprint density at radius 3 is 2.15 bits per heavy atom. The second-order valence-corrected chi connectivity index (χ2v) is 5.38. The van der Waals surface area contributed by atoms with Crippen LogP contribution in [0.4, 0.5) is 17.1 Å². The van der Waals surface area contributed by atoms with Gasteiger partial charge in [0.25, 0.3) is 0 Å². The van der Waals surface area contributed by atoms with Crippen LogP contribution in [0.5, 0.6) is 0 Å². The third-order valence-corrected chi connectivity index (χ3v) is 3.82. The molecule has 0 heterocycles. The van der Waals surface area contributed by atoms with Gasteiger partial charge in [-0.3, -0.25) is 0 Å². The summed E-state index contributed by atoms with van der Waals surface area (Å²) >= 11 is 0. The molecule has 0 radical (unpaired) electrons. The maximum absolute atomic E-state index is 5.79. The number of benzene rings is 2. The van der Waals surface area contributed by atoms with E-state index in [0.29, 0.717) is 0 Å². The molecular weight excluding hydrogens is 244 g/mol. The Morgan fingerprint density at radius 1 is 0.950 bits per heavy atom. The van der Waals surface area contributed by atoms with Gasteiger partial charge >= 0.3 is 0 Å². The fourth-order valence-corrected chi connectivity index (χ4v) is 2.22. The van der Waals surface area contributed by atoms with Crippen LogP contribution in [0.1, 0.15) is 26.7 Å². The van der Waals surface area contributed by atoms with Crippen LogP contribution in [0.2, 0.25) is 0 Å². The smallest absolute Gasteiger partial charge is 0.0412 e. The van der Waals surface area contributed by atoms with Gasteiger partial charge in [0.1, 0.15) is 0 Å². The van der Waals surface area contributed by atoms with E-state index in [1.807, 2.05) is 12.1 Å². The first-order valence-electron chi connectivity index (χ1n) is 7.39. The van der Waals surface area contributed by atoms with Gasteiger partial charge in [-0.15, -0.1) is 0 Å². The highest BCUT2D eigenvalue weighted by Gasteiger charge is 2.10. The third kappa shape index (κ3) is 3.77. The monoisotopic (exact) mass is 268 g/mol. The SMILES string of the molecule is CCC(C)CCN(c1ccccc1)c1ccc(N)cc1. The largest absolute Gasteiger partial charge is 0.399 e. The molecular formula is C18H24N2. The quantitative estimate of drug-likeness (QED) is 0.759. The number of hydrogen-bond donors (Lipinski definition) is 1. The molecule has 0 bridgehead atoms. The number of nitrogens with zero attached hydrogens (tertiary/aromatic N) is 1. The summed E-state index contributed by atoms with van der Waals surface area (Å²) in [4.78, 5) is 2.37. The number of hydrogen-bond acceptors (Lipinski definition) is 2. The molecule has 0 fully saturated rings. The normalized spacial score (nSPS) is 12.1. The van der Waals surface area contributed by atoms with E-state index >= 15 is 0 Å². The van der Waals surface area contributed by atoms with E-state index < -0.39 is 0 Å².